The first-order valence-corrected chi connectivity index (χ1v) is 8.63. The van der Waals surface area contributed by atoms with Crippen molar-refractivity contribution in [3.63, 3.8) is 0 Å². The van der Waals surface area contributed by atoms with E-state index in [4.69, 9.17) is 0 Å². The zero-order valence-corrected chi connectivity index (χ0v) is 14.2. The lowest BCUT2D eigenvalue weighted by Crippen LogP contribution is -2.42. The summed E-state index contributed by atoms with van der Waals surface area (Å²) in [7, 11) is 0. The number of para-hydroxylation sites is 1. The van der Waals surface area contributed by atoms with E-state index < -0.39 is 0 Å². The van der Waals surface area contributed by atoms with Crippen LogP contribution in [0.25, 0.3) is 10.9 Å². The molecule has 0 saturated carbocycles. The van der Waals surface area contributed by atoms with Gasteiger partial charge in [0, 0.05) is 41.9 Å². The molecule has 6 nitrogen and oxygen atoms in total. The fourth-order valence-electron chi connectivity index (χ4n) is 3.52. The van der Waals surface area contributed by atoms with Crippen LogP contribution in [0.4, 0.5) is 5.82 Å². The van der Waals surface area contributed by atoms with Crippen molar-refractivity contribution < 1.29 is 4.79 Å². The highest BCUT2D eigenvalue weighted by atomic mass is 16.2. The quantitative estimate of drug-likeness (QED) is 0.772. The van der Waals surface area contributed by atoms with E-state index in [2.05, 4.69) is 20.5 Å². The first kappa shape index (κ1) is 15.6. The maximum atomic E-state index is 13.0. The Morgan fingerprint density at radius 1 is 1.20 bits per heavy atom. The summed E-state index contributed by atoms with van der Waals surface area (Å²) >= 11 is 0. The van der Waals surface area contributed by atoms with Gasteiger partial charge in [-0.3, -0.25) is 4.79 Å². The molecule has 25 heavy (non-hydrogen) atoms. The van der Waals surface area contributed by atoms with Gasteiger partial charge < -0.3 is 15.2 Å². The van der Waals surface area contributed by atoms with Crippen LogP contribution in [0.15, 0.2) is 42.6 Å². The number of aryl methyl sites for hydroxylation is 1. The van der Waals surface area contributed by atoms with Gasteiger partial charge in [0.05, 0.1) is 5.56 Å². The van der Waals surface area contributed by atoms with Crippen molar-refractivity contribution in [2.75, 3.05) is 18.4 Å². The van der Waals surface area contributed by atoms with E-state index in [9.17, 15) is 4.79 Å². The lowest BCUT2D eigenvalue weighted by atomic mass is 10.0. The average molecular weight is 335 g/mol. The van der Waals surface area contributed by atoms with Crippen LogP contribution in [-0.2, 0) is 0 Å². The highest BCUT2D eigenvalue weighted by Crippen LogP contribution is 2.25. The molecule has 0 unspecified atom stereocenters. The van der Waals surface area contributed by atoms with Crippen LogP contribution in [0, 0.1) is 6.92 Å². The molecular weight excluding hydrogens is 314 g/mol. The van der Waals surface area contributed by atoms with Gasteiger partial charge in [-0.1, -0.05) is 18.2 Å². The van der Waals surface area contributed by atoms with E-state index in [-0.39, 0.29) is 5.91 Å². The minimum atomic E-state index is 0.118. The van der Waals surface area contributed by atoms with E-state index in [1.54, 1.807) is 6.20 Å². The molecule has 0 atom stereocenters. The maximum Gasteiger partial charge on any atom is 0.256 e. The van der Waals surface area contributed by atoms with Crippen LogP contribution < -0.4 is 5.32 Å². The largest absolute Gasteiger partial charge is 0.366 e. The number of nitrogens with one attached hydrogen (secondary N) is 2. The van der Waals surface area contributed by atoms with E-state index in [0.29, 0.717) is 6.04 Å². The van der Waals surface area contributed by atoms with Gasteiger partial charge in [-0.25, -0.2) is 0 Å². The number of H-pyrrole nitrogens is 1. The van der Waals surface area contributed by atoms with Crippen LogP contribution in [0.2, 0.25) is 0 Å². The van der Waals surface area contributed by atoms with E-state index >= 15 is 0 Å². The molecule has 4 rings (SSSR count). The number of carbonyl (C=O) groups excluding carboxylic acids is 1. The van der Waals surface area contributed by atoms with Crippen molar-refractivity contribution in [2.45, 2.75) is 25.8 Å². The van der Waals surface area contributed by atoms with Crippen LogP contribution in [0.5, 0.6) is 0 Å². The number of nitrogens with zero attached hydrogens (tertiary/aromatic N) is 3. The van der Waals surface area contributed by atoms with Crippen LogP contribution in [-0.4, -0.2) is 45.1 Å². The molecule has 1 saturated heterocycles. The molecule has 6 heteroatoms. The molecule has 3 heterocycles. The van der Waals surface area contributed by atoms with Crippen molar-refractivity contribution in [2.24, 2.45) is 0 Å². The molecule has 128 valence electrons. The number of fused-ring (bicyclic) bond motifs is 1. The Hall–Kier alpha value is -2.89. The smallest absolute Gasteiger partial charge is 0.256 e. The molecular formula is C19H21N5O. The van der Waals surface area contributed by atoms with Gasteiger partial charge >= 0.3 is 0 Å². The third kappa shape index (κ3) is 3.07. The molecule has 1 aliphatic rings. The second-order valence-corrected chi connectivity index (χ2v) is 6.49. The minimum absolute atomic E-state index is 0.118. The summed E-state index contributed by atoms with van der Waals surface area (Å²) in [6.07, 6.45) is 3.48. The predicted molar refractivity (Wildman–Crippen MR) is 97.6 cm³/mol. The SMILES string of the molecule is Cc1[nH]c2ccccc2c1C(=O)N1CCC(Nc2cccnn2)CC1. The normalized spacial score (nSPS) is 15.5. The molecule has 3 aromatic rings. The van der Waals surface area contributed by atoms with Crippen molar-refractivity contribution >= 4 is 22.6 Å². The number of amides is 1. The van der Waals surface area contributed by atoms with Gasteiger partial charge in [0.1, 0.15) is 5.82 Å². The summed E-state index contributed by atoms with van der Waals surface area (Å²) < 4.78 is 0. The second kappa shape index (κ2) is 6.55. The number of likely N-dealkylation sites (tertiary alicyclic amines) is 1. The number of rotatable bonds is 3. The second-order valence-electron chi connectivity index (χ2n) is 6.49. The van der Waals surface area contributed by atoms with E-state index in [1.807, 2.05) is 48.2 Å². The molecule has 0 bridgehead atoms. The summed E-state index contributed by atoms with van der Waals surface area (Å²) in [4.78, 5) is 18.3. The zero-order valence-electron chi connectivity index (χ0n) is 14.2. The minimum Gasteiger partial charge on any atom is -0.366 e. The third-order valence-corrected chi connectivity index (χ3v) is 4.81. The van der Waals surface area contributed by atoms with Gasteiger partial charge in [-0.15, -0.1) is 5.10 Å². The van der Waals surface area contributed by atoms with Crippen LogP contribution in [0.3, 0.4) is 0 Å². The molecule has 1 fully saturated rings. The maximum absolute atomic E-state index is 13.0. The number of piperidine rings is 1. The Bertz CT molecular complexity index is 881. The molecule has 1 aliphatic heterocycles. The summed E-state index contributed by atoms with van der Waals surface area (Å²) in [5, 5.41) is 12.4. The van der Waals surface area contributed by atoms with Crippen molar-refractivity contribution in [3.05, 3.63) is 53.9 Å². The highest BCUT2D eigenvalue weighted by Gasteiger charge is 2.26. The summed E-state index contributed by atoms with van der Waals surface area (Å²) in [5.74, 6) is 0.910. The standard InChI is InChI=1S/C19H21N5O/c1-13-18(15-5-2-3-6-16(15)21-13)19(25)24-11-8-14(9-12-24)22-17-7-4-10-20-23-17/h2-7,10,14,21H,8-9,11-12H2,1H3,(H,22,23). The Morgan fingerprint density at radius 2 is 2.00 bits per heavy atom. The first-order valence-electron chi connectivity index (χ1n) is 8.63. The molecule has 0 radical (unpaired) electrons. The summed E-state index contributed by atoms with van der Waals surface area (Å²) in [6, 6.07) is 12.1. The molecule has 0 aliphatic carbocycles. The number of hydrogen-bond acceptors (Lipinski definition) is 4. The molecule has 2 N–H and O–H groups in total. The topological polar surface area (TPSA) is 73.9 Å². The molecule has 1 aromatic carbocycles. The van der Waals surface area contributed by atoms with Gasteiger partial charge in [0.25, 0.3) is 5.91 Å². The Kier molecular flexibility index (Phi) is 4.09. The number of benzene rings is 1. The molecule has 1 amide bonds. The Labute approximate surface area is 146 Å². The molecule has 2 aromatic heterocycles. The first-order chi connectivity index (χ1) is 12.2. The Balaban J connectivity index is 1.45. The summed E-state index contributed by atoms with van der Waals surface area (Å²) in [5.41, 5.74) is 2.75. The van der Waals surface area contributed by atoms with Crippen molar-refractivity contribution in [1.29, 1.82) is 0 Å². The lowest BCUT2D eigenvalue weighted by molar-refractivity contribution is 0.0719. The van der Waals surface area contributed by atoms with Crippen LogP contribution >= 0.6 is 0 Å². The van der Waals surface area contributed by atoms with Crippen molar-refractivity contribution in [3.8, 4) is 0 Å². The fraction of sp³-hybridized carbons (Fsp3) is 0.316. The van der Waals surface area contributed by atoms with Crippen molar-refractivity contribution in [1.82, 2.24) is 20.1 Å². The van der Waals surface area contributed by atoms with Gasteiger partial charge in [0.2, 0.25) is 0 Å². The lowest BCUT2D eigenvalue weighted by Gasteiger charge is -2.32. The fourth-order valence-corrected chi connectivity index (χ4v) is 3.52. The average Bonchev–Trinajstić information content (AvgIpc) is 2.98. The number of carbonyl (C=O) groups is 1. The number of aromatic amines is 1. The monoisotopic (exact) mass is 335 g/mol. The Morgan fingerprint density at radius 3 is 2.76 bits per heavy atom. The van der Waals surface area contributed by atoms with E-state index in [0.717, 1.165) is 53.9 Å². The zero-order chi connectivity index (χ0) is 17.2. The molecule has 0 spiro atoms. The number of aromatic nitrogens is 3. The highest BCUT2D eigenvalue weighted by molar-refractivity contribution is 6.08. The number of anilines is 1. The summed E-state index contributed by atoms with van der Waals surface area (Å²) in [6.45, 7) is 3.46. The third-order valence-electron chi connectivity index (χ3n) is 4.81. The predicted octanol–water partition coefficient (Wildman–Crippen LogP) is 2.98. The van der Waals surface area contributed by atoms with Gasteiger partial charge in [0.15, 0.2) is 0 Å². The van der Waals surface area contributed by atoms with Crippen LogP contribution in [0.1, 0.15) is 28.9 Å². The number of hydrogen-bond donors (Lipinski definition) is 2. The van der Waals surface area contributed by atoms with Gasteiger partial charge in [-0.2, -0.15) is 5.10 Å². The van der Waals surface area contributed by atoms with Gasteiger partial charge in [-0.05, 0) is 38.0 Å². The van der Waals surface area contributed by atoms with E-state index in [1.165, 1.54) is 0 Å².